The van der Waals surface area contributed by atoms with Gasteiger partial charge in [-0.05, 0) is 7.05 Å². The molecule has 0 aromatic rings. The Balaban J connectivity index is 2.03. The van der Waals surface area contributed by atoms with Gasteiger partial charge in [-0.1, -0.05) is 0 Å². The van der Waals surface area contributed by atoms with Gasteiger partial charge in [0, 0.05) is 31.1 Å². The normalized spacial score (nSPS) is 32.1. The smallest absolute Gasteiger partial charge is 0.0512 e. The van der Waals surface area contributed by atoms with E-state index in [4.69, 9.17) is 0 Å². The van der Waals surface area contributed by atoms with Gasteiger partial charge in [0.1, 0.15) is 0 Å². The molecular weight excluding hydrogens is 144 g/mol. The van der Waals surface area contributed by atoms with Crippen molar-refractivity contribution in [1.29, 1.82) is 0 Å². The van der Waals surface area contributed by atoms with Gasteiger partial charge in [-0.2, -0.15) is 11.8 Å². The minimum Gasteiger partial charge on any atom is -0.314 e. The van der Waals surface area contributed by atoms with Crippen LogP contribution in [0.25, 0.3) is 0 Å². The Morgan fingerprint density at radius 1 is 1.50 bits per heavy atom. The van der Waals surface area contributed by atoms with Crippen LogP contribution in [0.1, 0.15) is 0 Å². The molecule has 0 amide bonds. The molecule has 0 atom stereocenters. The van der Waals surface area contributed by atoms with Crippen molar-refractivity contribution in [2.75, 3.05) is 38.2 Å². The molecule has 0 aromatic heterocycles. The van der Waals surface area contributed by atoms with Crippen molar-refractivity contribution < 1.29 is 0 Å². The number of likely N-dealkylation sites (N-methyl/N-ethyl adjacent to an activating group) is 1. The topological polar surface area (TPSA) is 15.3 Å². The number of thioether (sulfide) groups is 1. The Morgan fingerprint density at radius 2 is 2.30 bits per heavy atom. The summed E-state index contributed by atoms with van der Waals surface area (Å²) < 4.78 is 0. The molecule has 10 heavy (non-hydrogen) atoms. The van der Waals surface area contributed by atoms with Crippen molar-refractivity contribution in [3.63, 3.8) is 0 Å². The highest BCUT2D eigenvalue weighted by molar-refractivity contribution is 8.00. The maximum Gasteiger partial charge on any atom is 0.0512 e. The highest BCUT2D eigenvalue weighted by Gasteiger charge is 2.42. The highest BCUT2D eigenvalue weighted by Crippen LogP contribution is 2.34. The van der Waals surface area contributed by atoms with Crippen molar-refractivity contribution in [3.05, 3.63) is 0 Å². The zero-order valence-corrected chi connectivity index (χ0v) is 7.21. The number of nitrogens with one attached hydrogen (secondary N) is 1. The van der Waals surface area contributed by atoms with E-state index in [1.54, 1.807) is 0 Å². The Kier molecular flexibility index (Phi) is 1.66. The Morgan fingerprint density at radius 3 is 2.70 bits per heavy atom. The molecule has 0 radical (unpaired) electrons. The maximum absolute atomic E-state index is 3.45. The number of piperazine rings is 1. The van der Waals surface area contributed by atoms with Crippen LogP contribution in [0.5, 0.6) is 0 Å². The molecule has 1 N–H and O–H groups in total. The van der Waals surface area contributed by atoms with Crippen LogP contribution in [0.2, 0.25) is 0 Å². The summed E-state index contributed by atoms with van der Waals surface area (Å²) in [6.07, 6.45) is 0. The molecule has 1 spiro atoms. The van der Waals surface area contributed by atoms with Gasteiger partial charge >= 0.3 is 0 Å². The van der Waals surface area contributed by atoms with E-state index in [2.05, 4.69) is 29.0 Å². The Labute approximate surface area is 66.4 Å². The molecule has 2 fully saturated rings. The Hall–Kier alpha value is 0.270. The molecule has 0 bridgehead atoms. The molecule has 0 unspecified atom stereocenters. The van der Waals surface area contributed by atoms with Crippen LogP contribution in [0.15, 0.2) is 0 Å². The van der Waals surface area contributed by atoms with E-state index in [1.807, 2.05) is 0 Å². The molecule has 0 aromatic carbocycles. The van der Waals surface area contributed by atoms with Crippen LogP contribution in [-0.4, -0.2) is 48.6 Å². The fraction of sp³-hybridized carbons (Fsp3) is 1.00. The summed E-state index contributed by atoms with van der Waals surface area (Å²) in [5.74, 6) is 2.66. The van der Waals surface area contributed by atoms with Crippen molar-refractivity contribution in [3.8, 4) is 0 Å². The minimum absolute atomic E-state index is 0.545. The lowest BCUT2D eigenvalue weighted by atomic mass is 10.00. The summed E-state index contributed by atoms with van der Waals surface area (Å²) in [7, 11) is 2.25. The highest BCUT2D eigenvalue weighted by atomic mass is 32.2. The number of hydrogen-bond donors (Lipinski definition) is 1. The zero-order chi connectivity index (χ0) is 7.03. The van der Waals surface area contributed by atoms with Gasteiger partial charge in [0.2, 0.25) is 0 Å². The summed E-state index contributed by atoms with van der Waals surface area (Å²) in [4.78, 5) is 2.51. The fourth-order valence-corrected chi connectivity index (χ4v) is 2.92. The Bertz CT molecular complexity index is 134. The van der Waals surface area contributed by atoms with Gasteiger partial charge in [0.15, 0.2) is 0 Å². The third kappa shape index (κ3) is 0.881. The molecule has 2 saturated heterocycles. The molecule has 2 heterocycles. The monoisotopic (exact) mass is 158 g/mol. The average Bonchev–Trinajstić information content (AvgIpc) is 1.85. The van der Waals surface area contributed by atoms with E-state index < -0.39 is 0 Å². The number of hydrogen-bond acceptors (Lipinski definition) is 3. The second-order valence-corrected chi connectivity index (χ2v) is 4.30. The van der Waals surface area contributed by atoms with Crippen LogP contribution in [0.4, 0.5) is 0 Å². The second-order valence-electron chi connectivity index (χ2n) is 3.32. The number of rotatable bonds is 0. The van der Waals surface area contributed by atoms with E-state index in [-0.39, 0.29) is 0 Å². The molecule has 2 rings (SSSR count). The first-order valence-electron chi connectivity index (χ1n) is 3.83. The van der Waals surface area contributed by atoms with E-state index in [9.17, 15) is 0 Å². The molecule has 2 aliphatic heterocycles. The van der Waals surface area contributed by atoms with Gasteiger partial charge < -0.3 is 5.32 Å². The van der Waals surface area contributed by atoms with E-state index in [0.29, 0.717) is 5.54 Å². The zero-order valence-electron chi connectivity index (χ0n) is 6.39. The third-order valence-electron chi connectivity index (χ3n) is 2.63. The van der Waals surface area contributed by atoms with E-state index in [0.717, 1.165) is 0 Å². The van der Waals surface area contributed by atoms with Crippen molar-refractivity contribution in [1.82, 2.24) is 10.2 Å². The molecule has 0 aliphatic carbocycles. The summed E-state index contributed by atoms with van der Waals surface area (Å²) in [6.45, 7) is 3.60. The van der Waals surface area contributed by atoms with Crippen LogP contribution in [0, 0.1) is 0 Å². The van der Waals surface area contributed by atoms with Crippen molar-refractivity contribution >= 4 is 11.8 Å². The molecular formula is C7H14N2S. The van der Waals surface area contributed by atoms with Crippen LogP contribution >= 0.6 is 11.8 Å². The minimum atomic E-state index is 0.545. The standard InChI is InChI=1S/C7H14N2S/c1-9-3-2-8-4-7(9)5-10-6-7/h8H,2-6H2,1H3. The van der Waals surface area contributed by atoms with Gasteiger partial charge in [-0.3, -0.25) is 4.90 Å². The van der Waals surface area contributed by atoms with Gasteiger partial charge in [-0.25, -0.2) is 0 Å². The largest absolute Gasteiger partial charge is 0.314 e. The van der Waals surface area contributed by atoms with E-state index in [1.165, 1.54) is 31.1 Å². The van der Waals surface area contributed by atoms with Crippen LogP contribution in [0.3, 0.4) is 0 Å². The molecule has 3 heteroatoms. The first-order valence-corrected chi connectivity index (χ1v) is 4.99. The SMILES string of the molecule is CN1CCNCC12CSC2. The molecule has 2 aliphatic rings. The second kappa shape index (κ2) is 2.40. The third-order valence-corrected chi connectivity index (χ3v) is 4.11. The first-order chi connectivity index (χ1) is 4.83. The average molecular weight is 158 g/mol. The summed E-state index contributed by atoms with van der Waals surface area (Å²) in [5, 5.41) is 3.45. The lowest BCUT2D eigenvalue weighted by molar-refractivity contribution is 0.121. The van der Waals surface area contributed by atoms with Crippen LogP contribution < -0.4 is 5.32 Å². The fourth-order valence-electron chi connectivity index (χ4n) is 1.60. The predicted molar refractivity (Wildman–Crippen MR) is 45.6 cm³/mol. The first kappa shape index (κ1) is 6.95. The summed E-state index contributed by atoms with van der Waals surface area (Å²) in [6, 6.07) is 0. The molecule has 2 nitrogen and oxygen atoms in total. The lowest BCUT2D eigenvalue weighted by Gasteiger charge is -2.51. The van der Waals surface area contributed by atoms with Gasteiger partial charge in [0.25, 0.3) is 0 Å². The maximum atomic E-state index is 3.45. The molecule has 0 saturated carbocycles. The summed E-state index contributed by atoms with van der Waals surface area (Å²) >= 11 is 2.06. The van der Waals surface area contributed by atoms with Gasteiger partial charge in [0.05, 0.1) is 5.54 Å². The predicted octanol–water partition coefficient (Wildman–Crippen LogP) is 0.00700. The number of nitrogens with zero attached hydrogens (tertiary/aromatic N) is 1. The summed E-state index contributed by atoms with van der Waals surface area (Å²) in [5.41, 5.74) is 0.545. The van der Waals surface area contributed by atoms with Crippen molar-refractivity contribution in [2.45, 2.75) is 5.54 Å². The van der Waals surface area contributed by atoms with Gasteiger partial charge in [-0.15, -0.1) is 0 Å². The molecule has 58 valence electrons. The lowest BCUT2D eigenvalue weighted by Crippen LogP contribution is -2.66. The van der Waals surface area contributed by atoms with Crippen molar-refractivity contribution in [2.24, 2.45) is 0 Å². The quantitative estimate of drug-likeness (QED) is 0.534. The van der Waals surface area contributed by atoms with E-state index >= 15 is 0 Å². The van der Waals surface area contributed by atoms with Crippen LogP contribution in [-0.2, 0) is 0 Å².